The second kappa shape index (κ2) is 3.39. The highest BCUT2D eigenvalue weighted by molar-refractivity contribution is 7.21. The maximum atomic E-state index is 10.7. The fourth-order valence-electron chi connectivity index (χ4n) is 1.24. The molecule has 2 heterocycles. The Morgan fingerprint density at radius 2 is 2.33 bits per heavy atom. The van der Waals surface area contributed by atoms with Gasteiger partial charge < -0.3 is 20.4 Å². The fourth-order valence-corrected chi connectivity index (χ4v) is 2.14. The number of aromatic nitrogens is 1. The molecule has 2 aromatic rings. The summed E-state index contributed by atoms with van der Waals surface area (Å²) in [6.45, 7) is 0. The van der Waals surface area contributed by atoms with Crippen molar-refractivity contribution in [2.45, 2.75) is 0 Å². The molecule has 2 N–H and O–H groups in total. The number of nitrogens with zero attached hydrogens (tertiary/aromatic N) is 1. The molecule has 6 heteroatoms. The Kier molecular flexibility index (Phi) is 2.20. The first-order valence-corrected chi connectivity index (χ1v) is 4.89. The zero-order valence-electron chi connectivity index (χ0n) is 7.81. The van der Waals surface area contributed by atoms with Crippen molar-refractivity contribution in [3.8, 4) is 5.88 Å². The molecule has 0 aliphatic carbocycles. The van der Waals surface area contributed by atoms with Crippen molar-refractivity contribution >= 4 is 33.2 Å². The summed E-state index contributed by atoms with van der Waals surface area (Å²) in [4.78, 5) is 14.8. The first-order valence-electron chi connectivity index (χ1n) is 4.08. The van der Waals surface area contributed by atoms with Crippen molar-refractivity contribution in [3.63, 3.8) is 0 Å². The molecular formula is C9H7N2O3S-. The van der Waals surface area contributed by atoms with Crippen LogP contribution in [0, 0.1) is 0 Å². The number of aromatic carboxylic acids is 1. The summed E-state index contributed by atoms with van der Waals surface area (Å²) < 4.78 is 5.62. The zero-order valence-corrected chi connectivity index (χ0v) is 8.63. The number of carbonyl (C=O) groups is 1. The average molecular weight is 223 g/mol. The number of nitrogen functional groups attached to an aromatic ring is 1. The van der Waals surface area contributed by atoms with Gasteiger partial charge in [-0.05, 0) is 6.07 Å². The molecule has 78 valence electrons. The number of methoxy groups -OCH3 is 1. The Morgan fingerprint density at radius 1 is 1.60 bits per heavy atom. The number of carboxylic acids is 1. The number of anilines is 1. The summed E-state index contributed by atoms with van der Waals surface area (Å²) >= 11 is 1.05. The summed E-state index contributed by atoms with van der Waals surface area (Å²) in [5, 5.41) is 10.7. The molecule has 0 bridgehead atoms. The number of pyridine rings is 1. The molecule has 0 spiro atoms. The minimum Gasteiger partial charge on any atom is -0.544 e. The van der Waals surface area contributed by atoms with E-state index in [0.29, 0.717) is 16.1 Å². The maximum Gasteiger partial charge on any atom is 0.213 e. The van der Waals surface area contributed by atoms with E-state index in [-0.39, 0.29) is 10.6 Å². The lowest BCUT2D eigenvalue weighted by molar-refractivity contribution is -0.254. The third-order valence-corrected chi connectivity index (χ3v) is 3.08. The molecule has 5 nitrogen and oxygen atoms in total. The highest BCUT2D eigenvalue weighted by atomic mass is 32.1. The lowest BCUT2D eigenvalue weighted by atomic mass is 10.3. The summed E-state index contributed by atoms with van der Waals surface area (Å²) in [6.07, 6.45) is 0. The van der Waals surface area contributed by atoms with Crippen LogP contribution in [0.2, 0.25) is 0 Å². The molecule has 0 saturated heterocycles. The summed E-state index contributed by atoms with van der Waals surface area (Å²) in [5.41, 5.74) is 6.21. The van der Waals surface area contributed by atoms with Crippen LogP contribution in [0.3, 0.4) is 0 Å². The largest absolute Gasteiger partial charge is 0.544 e. The van der Waals surface area contributed by atoms with Crippen LogP contribution in [0.15, 0.2) is 12.1 Å². The van der Waals surface area contributed by atoms with Gasteiger partial charge in [0.1, 0.15) is 5.52 Å². The molecule has 0 aromatic carbocycles. The third kappa shape index (κ3) is 1.48. The minimum atomic E-state index is -1.28. The molecule has 0 aliphatic heterocycles. The average Bonchev–Trinajstić information content (AvgIpc) is 2.56. The topological polar surface area (TPSA) is 88.3 Å². The van der Waals surface area contributed by atoms with Gasteiger partial charge in [-0.3, -0.25) is 0 Å². The highest BCUT2D eigenvalue weighted by Gasteiger charge is 2.11. The van der Waals surface area contributed by atoms with Crippen LogP contribution in [0.5, 0.6) is 5.88 Å². The van der Waals surface area contributed by atoms with E-state index in [2.05, 4.69) is 4.98 Å². The molecule has 0 saturated carbocycles. The van der Waals surface area contributed by atoms with Gasteiger partial charge in [0.2, 0.25) is 5.88 Å². The number of nitrogens with two attached hydrogens (primary N) is 1. The van der Waals surface area contributed by atoms with Gasteiger partial charge in [0, 0.05) is 6.07 Å². The normalized spacial score (nSPS) is 10.5. The van der Waals surface area contributed by atoms with E-state index in [1.807, 2.05) is 0 Å². The van der Waals surface area contributed by atoms with E-state index < -0.39 is 5.97 Å². The van der Waals surface area contributed by atoms with E-state index >= 15 is 0 Å². The van der Waals surface area contributed by atoms with Gasteiger partial charge in [-0.25, -0.2) is 4.98 Å². The Morgan fingerprint density at radius 3 is 2.93 bits per heavy atom. The number of thiophene rings is 1. The standard InChI is InChI=1S/C9H8N2O3S/c1-14-5-3-2-4-7(11-5)6(10)8(15-4)9(12)13/h2-3H,10H2,1H3,(H,12,13)/p-1. The predicted octanol–water partition coefficient (Wildman–Crippen LogP) is 0.251. The molecule has 2 rings (SSSR count). The summed E-state index contributed by atoms with van der Waals surface area (Å²) in [6, 6.07) is 3.37. The van der Waals surface area contributed by atoms with Gasteiger partial charge in [0.05, 0.1) is 28.3 Å². The van der Waals surface area contributed by atoms with Crippen molar-refractivity contribution in [2.24, 2.45) is 0 Å². The molecule has 0 amide bonds. The van der Waals surface area contributed by atoms with Crippen LogP contribution in [0.25, 0.3) is 10.2 Å². The lowest BCUT2D eigenvalue weighted by Gasteiger charge is -1.99. The minimum absolute atomic E-state index is 0.00533. The van der Waals surface area contributed by atoms with Gasteiger partial charge in [-0.2, -0.15) is 0 Å². The van der Waals surface area contributed by atoms with Gasteiger partial charge in [0.15, 0.2) is 0 Å². The molecule has 0 aliphatic rings. The molecule has 0 radical (unpaired) electrons. The smallest absolute Gasteiger partial charge is 0.213 e. The van der Waals surface area contributed by atoms with Crippen LogP contribution in [-0.4, -0.2) is 18.1 Å². The Bertz CT molecular complexity index is 535. The van der Waals surface area contributed by atoms with Crippen LogP contribution >= 0.6 is 11.3 Å². The molecule has 2 aromatic heterocycles. The Balaban J connectivity index is 2.72. The third-order valence-electron chi connectivity index (χ3n) is 1.94. The van der Waals surface area contributed by atoms with Crippen molar-refractivity contribution in [3.05, 3.63) is 17.0 Å². The molecule has 0 fully saturated rings. The summed E-state index contributed by atoms with van der Waals surface area (Å²) in [5.74, 6) is -0.883. The van der Waals surface area contributed by atoms with Crippen molar-refractivity contribution < 1.29 is 14.6 Å². The first-order chi connectivity index (χ1) is 7.13. The van der Waals surface area contributed by atoms with Crippen molar-refractivity contribution in [2.75, 3.05) is 12.8 Å². The number of hydrogen-bond donors (Lipinski definition) is 1. The van der Waals surface area contributed by atoms with Crippen LogP contribution in [0.1, 0.15) is 9.67 Å². The van der Waals surface area contributed by atoms with Gasteiger partial charge in [-0.1, -0.05) is 0 Å². The van der Waals surface area contributed by atoms with Crippen LogP contribution in [-0.2, 0) is 0 Å². The van der Waals surface area contributed by atoms with Gasteiger partial charge in [-0.15, -0.1) is 11.3 Å². The number of hydrogen-bond acceptors (Lipinski definition) is 6. The van der Waals surface area contributed by atoms with Crippen molar-refractivity contribution in [1.29, 1.82) is 0 Å². The number of ether oxygens (including phenoxy) is 1. The second-order valence-electron chi connectivity index (χ2n) is 2.83. The van der Waals surface area contributed by atoms with E-state index in [9.17, 15) is 9.90 Å². The summed E-state index contributed by atoms with van der Waals surface area (Å²) in [7, 11) is 1.48. The van der Waals surface area contributed by atoms with Gasteiger partial charge >= 0.3 is 0 Å². The first kappa shape index (κ1) is 9.72. The number of rotatable bonds is 2. The molecule has 0 atom stereocenters. The Labute approximate surface area is 89.1 Å². The quantitative estimate of drug-likeness (QED) is 0.788. The zero-order chi connectivity index (χ0) is 11.0. The number of carbonyl (C=O) groups excluding carboxylic acids is 1. The van der Waals surface area contributed by atoms with E-state index in [1.54, 1.807) is 12.1 Å². The molecule has 0 unspecified atom stereocenters. The molecular weight excluding hydrogens is 216 g/mol. The van der Waals surface area contributed by atoms with Gasteiger partial charge in [0.25, 0.3) is 0 Å². The second-order valence-corrected chi connectivity index (χ2v) is 3.88. The maximum absolute atomic E-state index is 10.7. The molecule has 15 heavy (non-hydrogen) atoms. The fraction of sp³-hybridized carbons (Fsp3) is 0.111. The number of fused-ring (bicyclic) bond motifs is 1. The number of carboxylic acid groups (broad SMARTS) is 1. The Hall–Kier alpha value is -1.82. The van der Waals surface area contributed by atoms with E-state index in [0.717, 1.165) is 11.3 Å². The van der Waals surface area contributed by atoms with E-state index in [1.165, 1.54) is 7.11 Å². The van der Waals surface area contributed by atoms with Crippen molar-refractivity contribution in [1.82, 2.24) is 4.98 Å². The van der Waals surface area contributed by atoms with E-state index in [4.69, 9.17) is 10.5 Å². The van der Waals surface area contributed by atoms with Crippen LogP contribution < -0.4 is 15.6 Å². The SMILES string of the molecule is COc1ccc2sc(C(=O)[O-])c(N)c2n1. The highest BCUT2D eigenvalue weighted by Crippen LogP contribution is 2.32. The van der Waals surface area contributed by atoms with Crippen LogP contribution in [0.4, 0.5) is 5.69 Å². The monoisotopic (exact) mass is 223 g/mol. The predicted molar refractivity (Wildman–Crippen MR) is 54.9 cm³/mol. The lowest BCUT2D eigenvalue weighted by Crippen LogP contribution is -2.21.